The standard InChI is InChI=1S/C13H12F4O2/c1-3-11(13(15,16)17)19-7-10(18)9-6-4-5-8(2)12(9)14/h3-6,11H,1,7H2,2H3/t11-/m0/s1. The molecule has 2 nitrogen and oxygen atoms in total. The van der Waals surface area contributed by atoms with Crippen molar-refractivity contribution in [3.63, 3.8) is 0 Å². The molecule has 0 aliphatic rings. The average Bonchev–Trinajstić information content (AvgIpc) is 2.31. The van der Waals surface area contributed by atoms with Gasteiger partial charge < -0.3 is 4.74 Å². The summed E-state index contributed by atoms with van der Waals surface area (Å²) in [6.07, 6.45) is -6.35. The van der Waals surface area contributed by atoms with Gasteiger partial charge in [0.2, 0.25) is 0 Å². The molecule has 6 heteroatoms. The molecule has 0 N–H and O–H groups in total. The summed E-state index contributed by atoms with van der Waals surface area (Å²) >= 11 is 0. The van der Waals surface area contributed by atoms with Crippen molar-refractivity contribution in [3.05, 3.63) is 47.8 Å². The predicted octanol–water partition coefficient (Wildman–Crippen LogP) is 3.45. The molecule has 0 amide bonds. The number of halogens is 4. The fourth-order valence-electron chi connectivity index (χ4n) is 1.40. The Hall–Kier alpha value is -1.69. The van der Waals surface area contributed by atoms with Gasteiger partial charge in [-0.1, -0.05) is 18.2 Å². The molecule has 0 heterocycles. The number of carbonyl (C=O) groups is 1. The molecule has 0 saturated heterocycles. The average molecular weight is 276 g/mol. The van der Waals surface area contributed by atoms with Gasteiger partial charge in [-0.05, 0) is 18.6 Å². The van der Waals surface area contributed by atoms with Gasteiger partial charge in [-0.2, -0.15) is 13.2 Å². The quantitative estimate of drug-likeness (QED) is 0.468. The normalized spacial score (nSPS) is 13.1. The van der Waals surface area contributed by atoms with Crippen molar-refractivity contribution in [1.82, 2.24) is 0 Å². The van der Waals surface area contributed by atoms with Crippen molar-refractivity contribution >= 4 is 5.78 Å². The van der Waals surface area contributed by atoms with E-state index in [4.69, 9.17) is 0 Å². The molecule has 0 bridgehead atoms. The van der Waals surface area contributed by atoms with Gasteiger partial charge in [-0.15, -0.1) is 6.58 Å². The molecule has 1 rings (SSSR count). The van der Waals surface area contributed by atoms with E-state index in [0.29, 0.717) is 6.08 Å². The van der Waals surface area contributed by atoms with Crippen molar-refractivity contribution in [3.8, 4) is 0 Å². The molecule has 0 aliphatic carbocycles. The lowest BCUT2D eigenvalue weighted by atomic mass is 10.1. The van der Waals surface area contributed by atoms with Crippen molar-refractivity contribution in [1.29, 1.82) is 0 Å². The number of ether oxygens (including phenoxy) is 1. The first-order valence-electron chi connectivity index (χ1n) is 5.36. The summed E-state index contributed by atoms with van der Waals surface area (Å²) in [5, 5.41) is 0. The van der Waals surface area contributed by atoms with Gasteiger partial charge >= 0.3 is 6.18 Å². The van der Waals surface area contributed by atoms with Crippen LogP contribution in [0, 0.1) is 12.7 Å². The van der Waals surface area contributed by atoms with Crippen LogP contribution in [0.4, 0.5) is 17.6 Å². The number of benzene rings is 1. The van der Waals surface area contributed by atoms with Crippen LogP contribution in [-0.2, 0) is 4.74 Å². The van der Waals surface area contributed by atoms with Crippen molar-refractivity contribution in [2.24, 2.45) is 0 Å². The smallest absolute Gasteiger partial charge is 0.357 e. The van der Waals surface area contributed by atoms with Gasteiger partial charge in [0.05, 0.1) is 5.56 Å². The van der Waals surface area contributed by atoms with Crippen LogP contribution in [0.15, 0.2) is 30.9 Å². The first-order valence-corrected chi connectivity index (χ1v) is 5.36. The number of hydrogen-bond acceptors (Lipinski definition) is 2. The Labute approximate surface area is 107 Å². The first-order chi connectivity index (χ1) is 8.77. The Bertz CT molecular complexity index is 480. The summed E-state index contributed by atoms with van der Waals surface area (Å²) in [5.41, 5.74) is -0.0491. The van der Waals surface area contributed by atoms with E-state index in [9.17, 15) is 22.4 Å². The Morgan fingerprint density at radius 3 is 2.63 bits per heavy atom. The predicted molar refractivity (Wildman–Crippen MR) is 61.5 cm³/mol. The summed E-state index contributed by atoms with van der Waals surface area (Å²) in [7, 11) is 0. The molecule has 0 fully saturated rings. The van der Waals surface area contributed by atoms with Crippen LogP contribution in [0.1, 0.15) is 15.9 Å². The van der Waals surface area contributed by atoms with Gasteiger partial charge in [0, 0.05) is 0 Å². The molecule has 1 aromatic rings. The zero-order valence-electron chi connectivity index (χ0n) is 10.1. The maximum Gasteiger partial charge on any atom is 0.418 e. The minimum Gasteiger partial charge on any atom is -0.357 e. The van der Waals surface area contributed by atoms with Crippen LogP contribution < -0.4 is 0 Å². The van der Waals surface area contributed by atoms with Gasteiger partial charge in [0.15, 0.2) is 11.9 Å². The number of aryl methyl sites for hydroxylation is 1. The second kappa shape index (κ2) is 5.97. The second-order valence-corrected chi connectivity index (χ2v) is 3.87. The summed E-state index contributed by atoms with van der Waals surface area (Å²) in [4.78, 5) is 11.6. The molecular formula is C13H12F4O2. The molecule has 0 aliphatic heterocycles. The summed E-state index contributed by atoms with van der Waals surface area (Å²) in [6.45, 7) is 3.57. The van der Waals surface area contributed by atoms with E-state index >= 15 is 0 Å². The third-order valence-corrected chi connectivity index (χ3v) is 2.42. The minimum absolute atomic E-state index is 0.238. The van der Waals surface area contributed by atoms with E-state index in [1.165, 1.54) is 25.1 Å². The monoisotopic (exact) mass is 276 g/mol. The third kappa shape index (κ3) is 3.89. The summed E-state index contributed by atoms with van der Waals surface area (Å²) in [6, 6.07) is 4.10. The Kier molecular flexibility index (Phi) is 4.83. The number of ketones is 1. The maximum absolute atomic E-state index is 13.6. The Morgan fingerprint density at radius 2 is 2.11 bits per heavy atom. The molecule has 0 aromatic heterocycles. The molecule has 0 radical (unpaired) electrons. The number of carbonyl (C=O) groups excluding carboxylic acids is 1. The lowest BCUT2D eigenvalue weighted by Crippen LogP contribution is -2.31. The SMILES string of the molecule is C=C[C@H](OCC(=O)c1cccc(C)c1F)C(F)(F)F. The van der Waals surface area contributed by atoms with E-state index < -0.39 is 30.5 Å². The molecule has 0 unspecified atom stereocenters. The van der Waals surface area contributed by atoms with E-state index in [2.05, 4.69) is 11.3 Å². The van der Waals surface area contributed by atoms with E-state index in [1.807, 2.05) is 0 Å². The molecule has 0 spiro atoms. The molecule has 19 heavy (non-hydrogen) atoms. The van der Waals surface area contributed by atoms with Crippen molar-refractivity contribution in [2.45, 2.75) is 19.2 Å². The van der Waals surface area contributed by atoms with Crippen LogP contribution in [-0.4, -0.2) is 24.7 Å². The highest BCUT2D eigenvalue weighted by molar-refractivity contribution is 5.97. The van der Waals surface area contributed by atoms with E-state index in [-0.39, 0.29) is 11.1 Å². The van der Waals surface area contributed by atoms with Crippen LogP contribution >= 0.6 is 0 Å². The van der Waals surface area contributed by atoms with Crippen LogP contribution in [0.25, 0.3) is 0 Å². The van der Waals surface area contributed by atoms with Crippen LogP contribution in [0.2, 0.25) is 0 Å². The summed E-state index contributed by atoms with van der Waals surface area (Å²) in [5.74, 6) is -1.60. The molecule has 0 saturated carbocycles. The van der Waals surface area contributed by atoms with Gasteiger partial charge in [0.1, 0.15) is 12.4 Å². The minimum atomic E-state index is -4.65. The Balaban J connectivity index is 2.76. The first kappa shape index (κ1) is 15.4. The Morgan fingerprint density at radius 1 is 1.47 bits per heavy atom. The molecular weight excluding hydrogens is 264 g/mol. The fraction of sp³-hybridized carbons (Fsp3) is 0.308. The van der Waals surface area contributed by atoms with E-state index in [1.54, 1.807) is 0 Å². The van der Waals surface area contributed by atoms with Crippen molar-refractivity contribution < 1.29 is 27.1 Å². The largest absolute Gasteiger partial charge is 0.418 e. The zero-order chi connectivity index (χ0) is 14.6. The number of hydrogen-bond donors (Lipinski definition) is 0. The van der Waals surface area contributed by atoms with Gasteiger partial charge in [-0.3, -0.25) is 4.79 Å². The van der Waals surface area contributed by atoms with Crippen LogP contribution in [0.3, 0.4) is 0 Å². The van der Waals surface area contributed by atoms with Crippen molar-refractivity contribution in [2.75, 3.05) is 6.61 Å². The van der Waals surface area contributed by atoms with E-state index in [0.717, 1.165) is 0 Å². The lowest BCUT2D eigenvalue weighted by Gasteiger charge is -2.16. The number of Topliss-reactive ketones (excluding diaryl/α,β-unsaturated/α-hetero) is 1. The second-order valence-electron chi connectivity index (χ2n) is 3.87. The number of rotatable bonds is 5. The highest BCUT2D eigenvalue weighted by Crippen LogP contribution is 2.24. The highest BCUT2D eigenvalue weighted by atomic mass is 19.4. The number of alkyl halides is 3. The van der Waals surface area contributed by atoms with Gasteiger partial charge in [-0.25, -0.2) is 4.39 Å². The third-order valence-electron chi connectivity index (χ3n) is 2.42. The maximum atomic E-state index is 13.6. The molecule has 104 valence electrons. The fourth-order valence-corrected chi connectivity index (χ4v) is 1.40. The van der Waals surface area contributed by atoms with Gasteiger partial charge in [0.25, 0.3) is 0 Å². The summed E-state index contributed by atoms with van der Waals surface area (Å²) < 4.78 is 55.0. The zero-order valence-corrected chi connectivity index (χ0v) is 10.1. The van der Waals surface area contributed by atoms with Crippen LogP contribution in [0.5, 0.6) is 0 Å². The lowest BCUT2D eigenvalue weighted by molar-refractivity contribution is -0.200. The molecule has 1 atom stereocenters. The molecule has 1 aromatic carbocycles. The highest BCUT2D eigenvalue weighted by Gasteiger charge is 2.38. The topological polar surface area (TPSA) is 26.3 Å².